The zero-order valence-corrected chi connectivity index (χ0v) is 12.8. The summed E-state index contributed by atoms with van der Waals surface area (Å²) < 4.78 is 7.43. The Morgan fingerprint density at radius 3 is 2.73 bits per heavy atom. The van der Waals surface area contributed by atoms with E-state index in [1.807, 2.05) is 6.07 Å². The first-order chi connectivity index (χ1) is 10.5. The van der Waals surface area contributed by atoms with E-state index in [1.54, 1.807) is 35.0 Å². The van der Waals surface area contributed by atoms with Gasteiger partial charge in [-0.05, 0) is 30.3 Å². The number of nitrogens with two attached hydrogens (primary N) is 1. The summed E-state index contributed by atoms with van der Waals surface area (Å²) in [7, 11) is 0. The van der Waals surface area contributed by atoms with E-state index in [4.69, 9.17) is 33.7 Å². The number of hydrogen-bond acceptors (Lipinski definition) is 3. The summed E-state index contributed by atoms with van der Waals surface area (Å²) >= 11 is 11.8. The Morgan fingerprint density at radius 2 is 1.95 bits per heavy atom. The first kappa shape index (κ1) is 14.7. The highest BCUT2D eigenvalue weighted by Crippen LogP contribution is 2.23. The maximum Gasteiger partial charge on any atom is 0.252 e. The van der Waals surface area contributed by atoms with Gasteiger partial charge in [0.1, 0.15) is 18.0 Å². The molecule has 0 fully saturated rings. The van der Waals surface area contributed by atoms with Crippen molar-refractivity contribution in [2.24, 2.45) is 5.73 Å². The highest BCUT2D eigenvalue weighted by atomic mass is 35.5. The van der Waals surface area contributed by atoms with Crippen molar-refractivity contribution in [3.63, 3.8) is 0 Å². The summed E-state index contributed by atoms with van der Waals surface area (Å²) in [5.41, 5.74) is 7.01. The first-order valence-corrected chi connectivity index (χ1v) is 7.14. The number of ether oxygens (including phenoxy) is 1. The molecule has 0 atom stereocenters. The van der Waals surface area contributed by atoms with E-state index in [9.17, 15) is 4.79 Å². The predicted octanol–water partition coefficient (Wildman–Crippen LogP) is 3.32. The second-order valence-corrected chi connectivity index (χ2v) is 5.51. The van der Waals surface area contributed by atoms with Crippen LogP contribution < -0.4 is 10.5 Å². The van der Waals surface area contributed by atoms with Gasteiger partial charge in [-0.25, -0.2) is 4.98 Å². The molecule has 3 aromatic rings. The van der Waals surface area contributed by atoms with Crippen LogP contribution in [0.3, 0.4) is 0 Å². The average Bonchev–Trinajstić information content (AvgIpc) is 2.87. The number of pyridine rings is 1. The minimum Gasteiger partial charge on any atom is -0.486 e. The molecule has 0 unspecified atom stereocenters. The van der Waals surface area contributed by atoms with Crippen LogP contribution in [0.15, 0.2) is 42.7 Å². The highest BCUT2D eigenvalue weighted by Gasteiger charge is 2.11. The molecule has 0 spiro atoms. The number of primary amides is 1. The molecule has 3 rings (SSSR count). The fourth-order valence-electron chi connectivity index (χ4n) is 2.06. The van der Waals surface area contributed by atoms with Gasteiger partial charge in [0.05, 0.1) is 16.3 Å². The van der Waals surface area contributed by atoms with Crippen molar-refractivity contribution in [3.05, 3.63) is 64.0 Å². The number of nitrogens with zero attached hydrogens (tertiary/aromatic N) is 2. The van der Waals surface area contributed by atoms with Crippen molar-refractivity contribution >= 4 is 34.8 Å². The SMILES string of the molecule is NC(=O)c1cc(Cl)ccc1OCc1cn2cc(Cl)ccc2n1. The summed E-state index contributed by atoms with van der Waals surface area (Å²) in [6, 6.07) is 8.28. The van der Waals surface area contributed by atoms with Crippen molar-refractivity contribution in [2.75, 3.05) is 0 Å². The molecule has 7 heteroatoms. The van der Waals surface area contributed by atoms with E-state index in [-0.39, 0.29) is 12.2 Å². The molecule has 0 aliphatic heterocycles. The second-order valence-electron chi connectivity index (χ2n) is 4.64. The lowest BCUT2D eigenvalue weighted by Crippen LogP contribution is -2.13. The second kappa shape index (κ2) is 5.87. The van der Waals surface area contributed by atoms with E-state index >= 15 is 0 Å². The third-order valence-corrected chi connectivity index (χ3v) is 3.51. The number of fused-ring (bicyclic) bond motifs is 1. The normalized spacial score (nSPS) is 10.8. The van der Waals surface area contributed by atoms with Crippen molar-refractivity contribution < 1.29 is 9.53 Å². The Labute approximate surface area is 136 Å². The Balaban J connectivity index is 1.83. The van der Waals surface area contributed by atoms with Crippen LogP contribution in [-0.2, 0) is 6.61 Å². The zero-order valence-electron chi connectivity index (χ0n) is 11.3. The molecule has 0 saturated heterocycles. The summed E-state index contributed by atoms with van der Waals surface area (Å²) in [6.45, 7) is 0.196. The Morgan fingerprint density at radius 1 is 1.18 bits per heavy atom. The molecule has 0 radical (unpaired) electrons. The largest absolute Gasteiger partial charge is 0.486 e. The van der Waals surface area contributed by atoms with Crippen molar-refractivity contribution in [1.82, 2.24) is 9.38 Å². The van der Waals surface area contributed by atoms with Gasteiger partial charge in [-0.2, -0.15) is 0 Å². The Bertz CT molecular complexity index is 861. The van der Waals surface area contributed by atoms with Crippen LogP contribution in [-0.4, -0.2) is 15.3 Å². The number of aromatic nitrogens is 2. The number of benzene rings is 1. The standard InChI is InChI=1S/C15H11Cl2N3O2/c16-9-1-3-13(12(5-9)15(18)21)22-8-11-7-20-6-10(17)2-4-14(20)19-11/h1-7H,8H2,(H2,18,21). The number of imidazole rings is 1. The van der Waals surface area contributed by atoms with Gasteiger partial charge < -0.3 is 14.9 Å². The summed E-state index contributed by atoms with van der Waals surface area (Å²) in [5, 5.41) is 1.04. The number of amides is 1. The summed E-state index contributed by atoms with van der Waals surface area (Å²) in [4.78, 5) is 15.8. The molecule has 1 aromatic carbocycles. The van der Waals surface area contributed by atoms with Crippen LogP contribution in [0.2, 0.25) is 10.0 Å². The minimum absolute atomic E-state index is 0.196. The van der Waals surface area contributed by atoms with Crippen molar-refractivity contribution in [1.29, 1.82) is 0 Å². The fraction of sp³-hybridized carbons (Fsp3) is 0.0667. The zero-order chi connectivity index (χ0) is 15.7. The molecule has 0 aliphatic carbocycles. The third kappa shape index (κ3) is 3.00. The predicted molar refractivity (Wildman–Crippen MR) is 84.5 cm³/mol. The minimum atomic E-state index is -0.598. The number of halogens is 2. The van der Waals surface area contributed by atoms with Crippen molar-refractivity contribution in [2.45, 2.75) is 6.61 Å². The average molecular weight is 336 g/mol. The number of carbonyl (C=O) groups is 1. The van der Waals surface area contributed by atoms with Crippen LogP contribution in [0.4, 0.5) is 0 Å². The van der Waals surface area contributed by atoms with Gasteiger partial charge in [-0.1, -0.05) is 23.2 Å². The molecule has 5 nitrogen and oxygen atoms in total. The number of carbonyl (C=O) groups excluding carboxylic acids is 1. The van der Waals surface area contributed by atoms with Crippen LogP contribution in [0, 0.1) is 0 Å². The molecule has 2 aromatic heterocycles. The number of rotatable bonds is 4. The smallest absolute Gasteiger partial charge is 0.252 e. The highest BCUT2D eigenvalue weighted by molar-refractivity contribution is 6.31. The lowest BCUT2D eigenvalue weighted by Gasteiger charge is -2.08. The third-order valence-electron chi connectivity index (χ3n) is 3.05. The molecule has 0 bridgehead atoms. The van der Waals surface area contributed by atoms with Crippen LogP contribution in [0.1, 0.15) is 16.1 Å². The number of hydrogen-bond donors (Lipinski definition) is 1. The maximum absolute atomic E-state index is 11.4. The van der Waals surface area contributed by atoms with Gasteiger partial charge in [0, 0.05) is 17.4 Å². The topological polar surface area (TPSA) is 69.6 Å². The van der Waals surface area contributed by atoms with Gasteiger partial charge in [0.25, 0.3) is 5.91 Å². The molecular weight excluding hydrogens is 325 g/mol. The van der Waals surface area contributed by atoms with Crippen molar-refractivity contribution in [3.8, 4) is 5.75 Å². The lowest BCUT2D eigenvalue weighted by molar-refractivity contribution is 0.0996. The molecule has 112 valence electrons. The van der Waals surface area contributed by atoms with Gasteiger partial charge in [0.15, 0.2) is 0 Å². The molecule has 0 saturated carbocycles. The van der Waals surface area contributed by atoms with E-state index in [1.165, 1.54) is 6.07 Å². The Hall–Kier alpha value is -2.24. The lowest BCUT2D eigenvalue weighted by atomic mass is 10.2. The molecule has 1 amide bonds. The molecule has 2 N–H and O–H groups in total. The maximum atomic E-state index is 11.4. The van der Waals surface area contributed by atoms with Gasteiger partial charge in [0.2, 0.25) is 0 Å². The summed E-state index contributed by atoms with van der Waals surface area (Å²) in [5.74, 6) is -0.230. The summed E-state index contributed by atoms with van der Waals surface area (Å²) in [6.07, 6.45) is 3.56. The van der Waals surface area contributed by atoms with Gasteiger partial charge in [-0.3, -0.25) is 4.79 Å². The first-order valence-electron chi connectivity index (χ1n) is 6.38. The fourth-order valence-corrected chi connectivity index (χ4v) is 2.40. The monoisotopic (exact) mass is 335 g/mol. The molecule has 0 aliphatic rings. The van der Waals surface area contributed by atoms with Gasteiger partial charge in [-0.15, -0.1) is 0 Å². The molecule has 2 heterocycles. The quantitative estimate of drug-likeness (QED) is 0.795. The van der Waals surface area contributed by atoms with Crippen LogP contribution in [0.25, 0.3) is 5.65 Å². The van der Waals surface area contributed by atoms with Gasteiger partial charge >= 0.3 is 0 Å². The molecule has 22 heavy (non-hydrogen) atoms. The van der Waals surface area contributed by atoms with E-state index < -0.39 is 5.91 Å². The Kier molecular flexibility index (Phi) is 3.92. The van der Waals surface area contributed by atoms with Crippen LogP contribution >= 0.6 is 23.2 Å². The molecular formula is C15H11Cl2N3O2. The van der Waals surface area contributed by atoms with E-state index in [2.05, 4.69) is 4.98 Å². The van der Waals surface area contributed by atoms with E-state index in [0.29, 0.717) is 21.5 Å². The van der Waals surface area contributed by atoms with Crippen LogP contribution in [0.5, 0.6) is 5.75 Å². The van der Waals surface area contributed by atoms with E-state index in [0.717, 1.165) is 5.65 Å².